The SMILES string of the molecule is CCC[C@@H](Oc1ccc(OCC2CC2)nc1)C(C)=O. The number of hydrogen-bond acceptors (Lipinski definition) is 4. The molecule has 1 aromatic heterocycles. The highest BCUT2D eigenvalue weighted by molar-refractivity contribution is 5.80. The predicted molar refractivity (Wildman–Crippen MR) is 72.5 cm³/mol. The summed E-state index contributed by atoms with van der Waals surface area (Å²) in [6.07, 6.45) is 5.42. The number of aromatic nitrogens is 1. The maximum absolute atomic E-state index is 11.4. The molecule has 0 bridgehead atoms. The summed E-state index contributed by atoms with van der Waals surface area (Å²) >= 11 is 0. The quantitative estimate of drug-likeness (QED) is 0.723. The highest BCUT2D eigenvalue weighted by atomic mass is 16.5. The molecule has 1 atom stereocenters. The van der Waals surface area contributed by atoms with Crippen LogP contribution in [-0.4, -0.2) is 23.5 Å². The third kappa shape index (κ3) is 4.54. The fraction of sp³-hybridized carbons (Fsp3) is 0.600. The molecule has 0 aromatic carbocycles. The molecule has 4 heteroatoms. The van der Waals surface area contributed by atoms with Gasteiger partial charge in [0.25, 0.3) is 0 Å². The van der Waals surface area contributed by atoms with Crippen LogP contribution in [0.5, 0.6) is 11.6 Å². The van der Waals surface area contributed by atoms with E-state index < -0.39 is 0 Å². The van der Waals surface area contributed by atoms with Gasteiger partial charge in [0.1, 0.15) is 5.75 Å². The Morgan fingerprint density at radius 1 is 1.47 bits per heavy atom. The summed E-state index contributed by atoms with van der Waals surface area (Å²) in [5, 5.41) is 0. The van der Waals surface area contributed by atoms with Crippen LogP contribution >= 0.6 is 0 Å². The van der Waals surface area contributed by atoms with Gasteiger partial charge in [-0.25, -0.2) is 4.98 Å². The van der Waals surface area contributed by atoms with Crippen LogP contribution in [0, 0.1) is 5.92 Å². The second-order valence-corrected chi connectivity index (χ2v) is 5.09. The normalized spacial score (nSPS) is 15.9. The first kappa shape index (κ1) is 13.8. The van der Waals surface area contributed by atoms with Crippen LogP contribution in [-0.2, 0) is 4.79 Å². The molecule has 2 rings (SSSR count). The van der Waals surface area contributed by atoms with E-state index in [9.17, 15) is 4.79 Å². The summed E-state index contributed by atoms with van der Waals surface area (Å²) in [6, 6.07) is 3.60. The number of Topliss-reactive ketones (excluding diaryl/α,β-unsaturated/α-hetero) is 1. The summed E-state index contributed by atoms with van der Waals surface area (Å²) in [5.74, 6) is 2.00. The zero-order valence-electron chi connectivity index (χ0n) is 11.6. The molecule has 0 unspecified atom stereocenters. The Morgan fingerprint density at radius 2 is 2.26 bits per heavy atom. The topological polar surface area (TPSA) is 48.4 Å². The lowest BCUT2D eigenvalue weighted by molar-refractivity contribution is -0.123. The fourth-order valence-corrected chi connectivity index (χ4v) is 1.78. The van der Waals surface area contributed by atoms with Crippen LogP contribution < -0.4 is 9.47 Å². The maximum Gasteiger partial charge on any atom is 0.213 e. The molecule has 0 radical (unpaired) electrons. The lowest BCUT2D eigenvalue weighted by Crippen LogP contribution is -2.24. The zero-order chi connectivity index (χ0) is 13.7. The van der Waals surface area contributed by atoms with E-state index in [1.54, 1.807) is 25.3 Å². The van der Waals surface area contributed by atoms with Crippen molar-refractivity contribution >= 4 is 5.78 Å². The highest BCUT2D eigenvalue weighted by Crippen LogP contribution is 2.29. The summed E-state index contributed by atoms with van der Waals surface area (Å²) in [5.41, 5.74) is 0. The average molecular weight is 263 g/mol. The van der Waals surface area contributed by atoms with Crippen molar-refractivity contribution in [1.82, 2.24) is 4.98 Å². The summed E-state index contributed by atoms with van der Waals surface area (Å²) in [7, 11) is 0. The highest BCUT2D eigenvalue weighted by Gasteiger charge is 2.22. The Kier molecular flexibility index (Phi) is 4.77. The smallest absolute Gasteiger partial charge is 0.213 e. The molecule has 0 amide bonds. The van der Waals surface area contributed by atoms with Crippen LogP contribution in [0.25, 0.3) is 0 Å². The van der Waals surface area contributed by atoms with Crippen molar-refractivity contribution in [1.29, 1.82) is 0 Å². The van der Waals surface area contributed by atoms with E-state index in [0.717, 1.165) is 19.4 Å². The van der Waals surface area contributed by atoms with Gasteiger partial charge in [-0.2, -0.15) is 0 Å². The van der Waals surface area contributed by atoms with E-state index in [2.05, 4.69) is 4.98 Å². The van der Waals surface area contributed by atoms with Crippen LogP contribution in [0.1, 0.15) is 39.5 Å². The van der Waals surface area contributed by atoms with E-state index in [0.29, 0.717) is 17.5 Å². The Hall–Kier alpha value is -1.58. The van der Waals surface area contributed by atoms with Gasteiger partial charge in [0.05, 0.1) is 12.8 Å². The molecule has 0 saturated heterocycles. The number of nitrogens with zero attached hydrogens (tertiary/aromatic N) is 1. The van der Waals surface area contributed by atoms with Gasteiger partial charge in [0.15, 0.2) is 11.9 Å². The zero-order valence-corrected chi connectivity index (χ0v) is 11.6. The third-order valence-corrected chi connectivity index (χ3v) is 3.16. The third-order valence-electron chi connectivity index (χ3n) is 3.16. The molecule has 19 heavy (non-hydrogen) atoms. The molecule has 0 aliphatic heterocycles. The molecular weight excluding hydrogens is 242 g/mol. The summed E-state index contributed by atoms with van der Waals surface area (Å²) < 4.78 is 11.2. The van der Waals surface area contributed by atoms with Gasteiger partial charge in [-0.3, -0.25) is 4.79 Å². The van der Waals surface area contributed by atoms with Crippen molar-refractivity contribution in [3.63, 3.8) is 0 Å². The molecule has 4 nitrogen and oxygen atoms in total. The monoisotopic (exact) mass is 263 g/mol. The first-order valence-corrected chi connectivity index (χ1v) is 6.95. The van der Waals surface area contributed by atoms with Crippen LogP contribution in [0.3, 0.4) is 0 Å². The minimum Gasteiger partial charge on any atom is -0.481 e. The molecule has 1 aliphatic rings. The molecule has 0 spiro atoms. The lowest BCUT2D eigenvalue weighted by Gasteiger charge is -2.15. The molecule has 1 fully saturated rings. The van der Waals surface area contributed by atoms with Crippen molar-refractivity contribution in [3.8, 4) is 11.6 Å². The van der Waals surface area contributed by atoms with E-state index in [1.165, 1.54) is 12.8 Å². The molecule has 104 valence electrons. The molecule has 1 heterocycles. The maximum atomic E-state index is 11.4. The van der Waals surface area contributed by atoms with E-state index in [1.807, 2.05) is 6.92 Å². The van der Waals surface area contributed by atoms with Gasteiger partial charge in [-0.05, 0) is 38.2 Å². The minimum absolute atomic E-state index is 0.0518. The Morgan fingerprint density at radius 3 is 2.79 bits per heavy atom. The molecule has 1 saturated carbocycles. The van der Waals surface area contributed by atoms with E-state index in [-0.39, 0.29) is 11.9 Å². The fourth-order valence-electron chi connectivity index (χ4n) is 1.78. The van der Waals surface area contributed by atoms with Crippen LogP contribution in [0.15, 0.2) is 18.3 Å². The first-order valence-electron chi connectivity index (χ1n) is 6.95. The van der Waals surface area contributed by atoms with Crippen molar-refractivity contribution in [2.24, 2.45) is 5.92 Å². The summed E-state index contributed by atoms with van der Waals surface area (Å²) in [6.45, 7) is 4.34. The molecule has 1 aliphatic carbocycles. The minimum atomic E-state index is -0.370. The lowest BCUT2D eigenvalue weighted by atomic mass is 10.1. The standard InChI is InChI=1S/C15H21NO3/c1-3-4-14(11(2)17)19-13-7-8-15(16-9-13)18-10-12-5-6-12/h7-9,12,14H,3-6,10H2,1-2H3/t14-/m1/s1. The Labute approximate surface area is 114 Å². The molecular formula is C15H21NO3. The number of carbonyl (C=O) groups excluding carboxylic acids is 1. The predicted octanol–water partition coefficient (Wildman–Crippen LogP) is 3.01. The summed E-state index contributed by atoms with van der Waals surface area (Å²) in [4.78, 5) is 15.6. The van der Waals surface area contributed by atoms with Crippen LogP contribution in [0.4, 0.5) is 0 Å². The number of rotatable bonds is 8. The van der Waals surface area contributed by atoms with Crippen molar-refractivity contribution in [3.05, 3.63) is 18.3 Å². The molecule has 0 N–H and O–H groups in total. The van der Waals surface area contributed by atoms with Gasteiger partial charge in [-0.15, -0.1) is 0 Å². The number of ketones is 1. The number of carbonyl (C=O) groups is 1. The number of pyridine rings is 1. The van der Waals surface area contributed by atoms with Gasteiger partial charge in [-0.1, -0.05) is 13.3 Å². The Bertz CT molecular complexity index is 412. The second-order valence-electron chi connectivity index (χ2n) is 5.09. The van der Waals surface area contributed by atoms with Gasteiger partial charge < -0.3 is 9.47 Å². The second kappa shape index (κ2) is 6.55. The first-order chi connectivity index (χ1) is 9.19. The van der Waals surface area contributed by atoms with E-state index in [4.69, 9.17) is 9.47 Å². The van der Waals surface area contributed by atoms with Crippen molar-refractivity contribution in [2.75, 3.05) is 6.61 Å². The number of hydrogen-bond donors (Lipinski definition) is 0. The van der Waals surface area contributed by atoms with Crippen LogP contribution in [0.2, 0.25) is 0 Å². The largest absolute Gasteiger partial charge is 0.481 e. The number of ether oxygens (including phenoxy) is 2. The van der Waals surface area contributed by atoms with Gasteiger partial charge >= 0.3 is 0 Å². The van der Waals surface area contributed by atoms with Gasteiger partial charge in [0, 0.05) is 6.07 Å². The van der Waals surface area contributed by atoms with E-state index >= 15 is 0 Å². The van der Waals surface area contributed by atoms with Gasteiger partial charge in [0.2, 0.25) is 5.88 Å². The Balaban J connectivity index is 1.87. The molecule has 1 aromatic rings. The average Bonchev–Trinajstić information content (AvgIpc) is 3.21. The van der Waals surface area contributed by atoms with Crippen molar-refractivity contribution < 1.29 is 14.3 Å². The van der Waals surface area contributed by atoms with Crippen molar-refractivity contribution in [2.45, 2.75) is 45.6 Å².